The number of aliphatic hydroxyl groups excluding tert-OH is 1. The number of aliphatic hydroxyl groups is 1. The first-order chi connectivity index (χ1) is 8.34. The molecule has 0 radical (unpaired) electrons. The Balaban J connectivity index is 2.62. The average Bonchev–Trinajstić information content (AvgIpc) is 2.34. The minimum atomic E-state index is -0.392. The Morgan fingerprint density at radius 2 is 1.67 bits per heavy atom. The molecule has 0 saturated carbocycles. The topological polar surface area (TPSA) is 29.5 Å². The molecule has 1 aromatic carbocycles. The molecule has 2 heteroatoms. The lowest BCUT2D eigenvalue weighted by Crippen LogP contribution is -2.11. The molecule has 0 aromatic heterocycles. The third-order valence-electron chi connectivity index (χ3n) is 3.41. The summed E-state index contributed by atoms with van der Waals surface area (Å²) in [4.78, 5) is 0. The van der Waals surface area contributed by atoms with Crippen molar-refractivity contribution in [3.63, 3.8) is 0 Å². The molecule has 0 aliphatic rings. The number of rotatable bonds is 5. The fourth-order valence-corrected chi connectivity index (χ4v) is 1.88. The molecule has 0 bridgehead atoms. The van der Waals surface area contributed by atoms with Crippen LogP contribution in [0.5, 0.6) is 0 Å². The summed E-state index contributed by atoms with van der Waals surface area (Å²) in [6.07, 6.45) is 1.42. The first-order valence-electron chi connectivity index (χ1n) is 6.66. The van der Waals surface area contributed by atoms with Gasteiger partial charge >= 0.3 is 0 Å². The molecule has 2 nitrogen and oxygen atoms in total. The van der Waals surface area contributed by atoms with E-state index in [0.29, 0.717) is 0 Å². The van der Waals surface area contributed by atoms with Crippen LogP contribution in [0, 0.1) is 0 Å². The third kappa shape index (κ3) is 4.43. The van der Waals surface area contributed by atoms with Crippen molar-refractivity contribution in [3.8, 4) is 0 Å². The van der Waals surface area contributed by atoms with E-state index in [-0.39, 0.29) is 11.5 Å². The van der Waals surface area contributed by atoms with Crippen molar-refractivity contribution in [1.29, 1.82) is 0 Å². The lowest BCUT2D eigenvalue weighted by atomic mass is 9.86. The largest absolute Gasteiger partial charge is 0.388 e. The Morgan fingerprint density at radius 3 is 2.11 bits per heavy atom. The van der Waals surface area contributed by atoms with Crippen molar-refractivity contribution in [3.05, 3.63) is 35.4 Å². The van der Waals surface area contributed by atoms with E-state index >= 15 is 0 Å². The quantitative estimate of drug-likeness (QED) is 0.860. The Hall–Kier alpha value is -0.860. The summed E-state index contributed by atoms with van der Waals surface area (Å²) in [5.41, 5.74) is 2.45. The normalized spacial score (nSPS) is 15.4. The van der Waals surface area contributed by atoms with E-state index < -0.39 is 6.10 Å². The third-order valence-corrected chi connectivity index (χ3v) is 3.41. The van der Waals surface area contributed by atoms with E-state index in [0.717, 1.165) is 18.4 Å². The highest BCUT2D eigenvalue weighted by atomic mass is 16.5. The van der Waals surface area contributed by atoms with Crippen molar-refractivity contribution in [2.75, 3.05) is 7.11 Å². The summed E-state index contributed by atoms with van der Waals surface area (Å²) in [5.74, 6) is 0. The zero-order valence-electron chi connectivity index (χ0n) is 12.2. The second-order valence-corrected chi connectivity index (χ2v) is 6.01. The van der Waals surface area contributed by atoms with Crippen LogP contribution in [0.4, 0.5) is 0 Å². The van der Waals surface area contributed by atoms with Crippen LogP contribution < -0.4 is 0 Å². The predicted octanol–water partition coefficient (Wildman–Crippen LogP) is 3.83. The molecule has 2 unspecified atom stereocenters. The van der Waals surface area contributed by atoms with Gasteiger partial charge in [-0.1, -0.05) is 45.0 Å². The number of hydrogen-bond acceptors (Lipinski definition) is 2. The molecule has 0 spiro atoms. The molecule has 0 heterocycles. The zero-order chi connectivity index (χ0) is 13.8. The molecule has 0 aliphatic carbocycles. The second kappa shape index (κ2) is 6.35. The van der Waals surface area contributed by atoms with Gasteiger partial charge in [-0.3, -0.25) is 0 Å². The number of benzene rings is 1. The van der Waals surface area contributed by atoms with E-state index in [1.807, 2.05) is 19.1 Å². The molecule has 1 aromatic rings. The van der Waals surface area contributed by atoms with E-state index in [1.54, 1.807) is 7.11 Å². The highest BCUT2D eigenvalue weighted by Crippen LogP contribution is 2.25. The molecule has 2 atom stereocenters. The van der Waals surface area contributed by atoms with Crippen LogP contribution in [-0.2, 0) is 10.2 Å². The van der Waals surface area contributed by atoms with Gasteiger partial charge in [0.15, 0.2) is 0 Å². The van der Waals surface area contributed by atoms with Gasteiger partial charge in [0.2, 0.25) is 0 Å². The first-order valence-corrected chi connectivity index (χ1v) is 6.66. The molecule has 18 heavy (non-hydrogen) atoms. The van der Waals surface area contributed by atoms with Gasteiger partial charge in [0.1, 0.15) is 0 Å². The van der Waals surface area contributed by atoms with Gasteiger partial charge in [0.05, 0.1) is 12.2 Å². The van der Waals surface area contributed by atoms with Gasteiger partial charge in [0, 0.05) is 7.11 Å². The van der Waals surface area contributed by atoms with Crippen LogP contribution >= 0.6 is 0 Å². The maximum absolute atomic E-state index is 10.1. The number of methoxy groups -OCH3 is 1. The maximum Gasteiger partial charge on any atom is 0.0791 e. The van der Waals surface area contributed by atoms with Crippen molar-refractivity contribution < 1.29 is 9.84 Å². The summed E-state index contributed by atoms with van der Waals surface area (Å²) in [6, 6.07) is 8.28. The molecule has 0 amide bonds. The smallest absolute Gasteiger partial charge is 0.0791 e. The van der Waals surface area contributed by atoms with Gasteiger partial charge in [-0.2, -0.15) is 0 Å². The maximum atomic E-state index is 10.1. The van der Waals surface area contributed by atoms with E-state index in [2.05, 4.69) is 32.9 Å². The fourth-order valence-electron chi connectivity index (χ4n) is 1.88. The molecule has 102 valence electrons. The monoisotopic (exact) mass is 250 g/mol. The fraction of sp³-hybridized carbons (Fsp3) is 0.625. The predicted molar refractivity (Wildman–Crippen MR) is 75.8 cm³/mol. The zero-order valence-corrected chi connectivity index (χ0v) is 12.2. The Labute approximate surface area is 111 Å². The molecular weight excluding hydrogens is 224 g/mol. The second-order valence-electron chi connectivity index (χ2n) is 6.01. The Kier molecular flexibility index (Phi) is 5.36. The van der Waals surface area contributed by atoms with Gasteiger partial charge in [-0.15, -0.1) is 0 Å². The van der Waals surface area contributed by atoms with Gasteiger partial charge < -0.3 is 9.84 Å². The SMILES string of the molecule is COC(C)CCC(O)c1ccc(C(C)(C)C)cc1. The van der Waals surface area contributed by atoms with E-state index in [1.165, 1.54) is 5.56 Å². The number of ether oxygens (including phenoxy) is 1. The van der Waals surface area contributed by atoms with Crippen LogP contribution in [0.1, 0.15) is 57.8 Å². The Morgan fingerprint density at radius 1 is 1.11 bits per heavy atom. The molecule has 0 aliphatic heterocycles. The van der Waals surface area contributed by atoms with Crippen LogP contribution in [-0.4, -0.2) is 18.3 Å². The summed E-state index contributed by atoms with van der Waals surface area (Å²) in [6.45, 7) is 8.60. The van der Waals surface area contributed by atoms with Crippen molar-refractivity contribution in [2.24, 2.45) is 0 Å². The minimum Gasteiger partial charge on any atom is -0.388 e. The van der Waals surface area contributed by atoms with E-state index in [4.69, 9.17) is 4.74 Å². The highest BCUT2D eigenvalue weighted by Gasteiger charge is 2.15. The van der Waals surface area contributed by atoms with E-state index in [9.17, 15) is 5.11 Å². The van der Waals surface area contributed by atoms with Gasteiger partial charge in [-0.25, -0.2) is 0 Å². The molecule has 0 saturated heterocycles. The molecule has 0 fully saturated rings. The summed E-state index contributed by atoms with van der Waals surface area (Å²) in [5, 5.41) is 10.1. The van der Waals surface area contributed by atoms with Crippen molar-refractivity contribution in [2.45, 2.75) is 58.2 Å². The minimum absolute atomic E-state index is 0.161. The summed E-state index contributed by atoms with van der Waals surface area (Å²) >= 11 is 0. The van der Waals surface area contributed by atoms with Crippen LogP contribution in [0.2, 0.25) is 0 Å². The van der Waals surface area contributed by atoms with Gasteiger partial charge in [0.25, 0.3) is 0 Å². The van der Waals surface area contributed by atoms with Crippen LogP contribution in [0.25, 0.3) is 0 Å². The van der Waals surface area contributed by atoms with Gasteiger partial charge in [-0.05, 0) is 36.3 Å². The summed E-state index contributed by atoms with van der Waals surface area (Å²) in [7, 11) is 1.70. The van der Waals surface area contributed by atoms with Crippen molar-refractivity contribution in [1.82, 2.24) is 0 Å². The standard InChI is InChI=1S/C16H26O2/c1-12(18-5)6-11-15(17)13-7-9-14(10-8-13)16(2,3)4/h7-10,12,15,17H,6,11H2,1-5H3. The lowest BCUT2D eigenvalue weighted by Gasteiger charge is -2.20. The van der Waals surface area contributed by atoms with Crippen LogP contribution in [0.15, 0.2) is 24.3 Å². The van der Waals surface area contributed by atoms with Crippen molar-refractivity contribution >= 4 is 0 Å². The first kappa shape index (κ1) is 15.2. The Bertz CT molecular complexity index is 348. The summed E-state index contributed by atoms with van der Waals surface area (Å²) < 4.78 is 5.19. The highest BCUT2D eigenvalue weighted by molar-refractivity contribution is 5.28. The van der Waals surface area contributed by atoms with Crippen LogP contribution in [0.3, 0.4) is 0 Å². The molecular formula is C16H26O2. The molecule has 1 rings (SSSR count). The number of hydrogen-bond donors (Lipinski definition) is 1. The lowest BCUT2D eigenvalue weighted by molar-refractivity contribution is 0.0851. The molecule has 1 N–H and O–H groups in total. The average molecular weight is 250 g/mol.